The van der Waals surface area contributed by atoms with Gasteiger partial charge in [-0.15, -0.1) is 0 Å². The molecule has 0 atom stereocenters. The van der Waals surface area contributed by atoms with E-state index in [2.05, 4.69) is 14.7 Å². The molecule has 0 unspecified atom stereocenters. The highest BCUT2D eigenvalue weighted by Gasteiger charge is 2.18. The summed E-state index contributed by atoms with van der Waals surface area (Å²) in [5.74, 6) is 0.742. The molecule has 0 radical (unpaired) electrons. The van der Waals surface area contributed by atoms with Gasteiger partial charge >= 0.3 is 0 Å². The first-order valence-electron chi connectivity index (χ1n) is 8.67. The molecule has 4 rings (SSSR count). The lowest BCUT2D eigenvalue weighted by atomic mass is 10.2. The summed E-state index contributed by atoms with van der Waals surface area (Å²) in [4.78, 5) is 9.15. The topological polar surface area (TPSA) is 76.9 Å². The number of benzene rings is 2. The molecule has 2 aromatic carbocycles. The van der Waals surface area contributed by atoms with Crippen LogP contribution in [-0.2, 0) is 16.6 Å². The van der Waals surface area contributed by atoms with E-state index in [0.717, 1.165) is 16.9 Å². The van der Waals surface area contributed by atoms with Gasteiger partial charge in [-0.1, -0.05) is 54.1 Å². The molecule has 0 bridgehead atoms. The molecule has 2 heterocycles. The third kappa shape index (κ3) is 3.64. The average molecular weight is 413 g/mol. The number of nitrogens with zero attached hydrogens (tertiary/aromatic N) is 3. The molecular weight excluding hydrogens is 396 g/mol. The average Bonchev–Trinajstić information content (AvgIpc) is 3.07. The highest BCUT2D eigenvalue weighted by Crippen LogP contribution is 2.24. The summed E-state index contributed by atoms with van der Waals surface area (Å²) in [6, 6.07) is 19.8. The first-order chi connectivity index (χ1) is 13.6. The maximum atomic E-state index is 12.6. The zero-order valence-corrected chi connectivity index (χ0v) is 16.4. The van der Waals surface area contributed by atoms with Crippen molar-refractivity contribution >= 4 is 32.8 Å². The smallest absolute Gasteiger partial charge is 0.242 e. The number of rotatable bonds is 6. The van der Waals surface area contributed by atoms with Gasteiger partial charge < -0.3 is 4.57 Å². The molecule has 2 aromatic heterocycles. The Kier molecular flexibility index (Phi) is 5.13. The quantitative estimate of drug-likeness (QED) is 0.523. The van der Waals surface area contributed by atoms with E-state index < -0.39 is 10.0 Å². The Balaban J connectivity index is 1.63. The Morgan fingerprint density at radius 1 is 0.964 bits per heavy atom. The molecule has 0 fully saturated rings. The van der Waals surface area contributed by atoms with Gasteiger partial charge in [0, 0.05) is 24.8 Å². The fourth-order valence-electron chi connectivity index (χ4n) is 3.01. The molecule has 4 aromatic rings. The van der Waals surface area contributed by atoms with E-state index in [1.807, 2.05) is 47.0 Å². The molecule has 0 aliphatic heterocycles. The van der Waals surface area contributed by atoms with Crippen molar-refractivity contribution in [2.24, 2.45) is 0 Å². The highest BCUT2D eigenvalue weighted by molar-refractivity contribution is 7.89. The minimum absolute atomic E-state index is 0.0635. The minimum Gasteiger partial charge on any atom is -0.307 e. The van der Waals surface area contributed by atoms with Gasteiger partial charge in [-0.2, -0.15) is 0 Å². The largest absolute Gasteiger partial charge is 0.307 e. The fraction of sp³-hybridized carbons (Fsp3) is 0.100. The number of halogens is 1. The van der Waals surface area contributed by atoms with Gasteiger partial charge in [0.2, 0.25) is 10.0 Å². The van der Waals surface area contributed by atoms with Crippen LogP contribution < -0.4 is 4.72 Å². The van der Waals surface area contributed by atoms with Crippen molar-refractivity contribution in [2.75, 3.05) is 6.54 Å². The standard InChI is InChI=1S/C20H17ClN4O2S/c21-16-9-4-5-11-18(16)28(26,27)23-13-14-25-19(15-7-2-1-3-8-15)24-17-10-6-12-22-20(17)25/h1-12,23H,13-14H2. The summed E-state index contributed by atoms with van der Waals surface area (Å²) >= 11 is 6.03. The summed E-state index contributed by atoms with van der Waals surface area (Å²) < 4.78 is 29.7. The van der Waals surface area contributed by atoms with E-state index in [4.69, 9.17) is 11.6 Å². The van der Waals surface area contributed by atoms with Crippen molar-refractivity contribution in [3.05, 3.63) is 77.9 Å². The van der Waals surface area contributed by atoms with Gasteiger partial charge in [-0.3, -0.25) is 0 Å². The van der Waals surface area contributed by atoms with Gasteiger partial charge in [0.05, 0.1) is 5.02 Å². The number of hydrogen-bond donors (Lipinski definition) is 1. The van der Waals surface area contributed by atoms with Crippen LogP contribution in [0.25, 0.3) is 22.6 Å². The Morgan fingerprint density at radius 2 is 1.71 bits per heavy atom. The summed E-state index contributed by atoms with van der Waals surface area (Å²) in [7, 11) is -3.71. The number of fused-ring (bicyclic) bond motifs is 1. The lowest BCUT2D eigenvalue weighted by molar-refractivity contribution is 0.574. The van der Waals surface area contributed by atoms with Crippen LogP contribution in [0.2, 0.25) is 5.02 Å². The van der Waals surface area contributed by atoms with Gasteiger partial charge in [0.15, 0.2) is 5.65 Å². The zero-order valence-electron chi connectivity index (χ0n) is 14.8. The van der Waals surface area contributed by atoms with Gasteiger partial charge in [-0.25, -0.2) is 23.1 Å². The van der Waals surface area contributed by atoms with Crippen LogP contribution in [0, 0.1) is 0 Å². The summed E-state index contributed by atoms with van der Waals surface area (Å²) in [6.45, 7) is 0.552. The molecule has 142 valence electrons. The van der Waals surface area contributed by atoms with E-state index in [1.54, 1.807) is 24.4 Å². The first kappa shape index (κ1) is 18.6. The van der Waals surface area contributed by atoms with E-state index in [-0.39, 0.29) is 16.5 Å². The van der Waals surface area contributed by atoms with Crippen LogP contribution in [0.15, 0.2) is 77.8 Å². The van der Waals surface area contributed by atoms with Gasteiger partial charge in [-0.05, 0) is 24.3 Å². The molecule has 0 saturated heterocycles. The molecule has 1 N–H and O–H groups in total. The number of hydrogen-bond acceptors (Lipinski definition) is 4. The molecule has 0 amide bonds. The van der Waals surface area contributed by atoms with Crippen molar-refractivity contribution < 1.29 is 8.42 Å². The maximum absolute atomic E-state index is 12.6. The van der Waals surface area contributed by atoms with Crippen molar-refractivity contribution in [1.29, 1.82) is 0 Å². The third-order valence-corrected chi connectivity index (χ3v) is 6.25. The van der Waals surface area contributed by atoms with Gasteiger partial charge in [0.25, 0.3) is 0 Å². The number of nitrogens with one attached hydrogen (secondary N) is 1. The second-order valence-electron chi connectivity index (χ2n) is 6.13. The summed E-state index contributed by atoms with van der Waals surface area (Å²) in [6.07, 6.45) is 1.70. The fourth-order valence-corrected chi connectivity index (χ4v) is 4.55. The Labute approximate surface area is 167 Å². The van der Waals surface area contributed by atoms with Crippen LogP contribution >= 0.6 is 11.6 Å². The predicted octanol–water partition coefficient (Wildman–Crippen LogP) is 3.73. The van der Waals surface area contributed by atoms with E-state index in [1.165, 1.54) is 6.07 Å². The van der Waals surface area contributed by atoms with E-state index >= 15 is 0 Å². The molecule has 28 heavy (non-hydrogen) atoms. The lowest BCUT2D eigenvalue weighted by Crippen LogP contribution is -2.28. The molecule has 6 nitrogen and oxygen atoms in total. The number of sulfonamides is 1. The number of aromatic nitrogens is 3. The van der Waals surface area contributed by atoms with E-state index in [0.29, 0.717) is 12.2 Å². The van der Waals surface area contributed by atoms with Gasteiger partial charge in [0.1, 0.15) is 16.2 Å². The third-order valence-electron chi connectivity index (χ3n) is 4.29. The summed E-state index contributed by atoms with van der Waals surface area (Å²) in [5.41, 5.74) is 2.41. The SMILES string of the molecule is O=S(=O)(NCCn1c(-c2ccccc2)nc2cccnc21)c1ccccc1Cl. The molecule has 0 aliphatic carbocycles. The molecule has 0 aliphatic rings. The molecule has 8 heteroatoms. The van der Waals surface area contributed by atoms with Crippen molar-refractivity contribution in [3.63, 3.8) is 0 Å². The van der Waals surface area contributed by atoms with Crippen LogP contribution in [0.5, 0.6) is 0 Å². The van der Waals surface area contributed by atoms with Crippen LogP contribution in [0.1, 0.15) is 0 Å². The monoisotopic (exact) mass is 412 g/mol. The predicted molar refractivity (Wildman–Crippen MR) is 110 cm³/mol. The van der Waals surface area contributed by atoms with Crippen molar-refractivity contribution in [1.82, 2.24) is 19.3 Å². The lowest BCUT2D eigenvalue weighted by Gasteiger charge is -2.11. The highest BCUT2D eigenvalue weighted by atomic mass is 35.5. The zero-order chi connectivity index (χ0) is 19.6. The first-order valence-corrected chi connectivity index (χ1v) is 10.5. The second kappa shape index (κ2) is 7.71. The minimum atomic E-state index is -3.71. The molecule has 0 spiro atoms. The normalized spacial score (nSPS) is 11.8. The van der Waals surface area contributed by atoms with Crippen molar-refractivity contribution in [3.8, 4) is 11.4 Å². The maximum Gasteiger partial charge on any atom is 0.242 e. The number of imidazole rings is 1. The van der Waals surface area contributed by atoms with Crippen molar-refractivity contribution in [2.45, 2.75) is 11.4 Å². The Bertz CT molecular complexity index is 1220. The van der Waals surface area contributed by atoms with Crippen LogP contribution in [0.3, 0.4) is 0 Å². The molecule has 0 saturated carbocycles. The van der Waals surface area contributed by atoms with Crippen LogP contribution in [0.4, 0.5) is 0 Å². The Morgan fingerprint density at radius 3 is 2.50 bits per heavy atom. The molecular formula is C20H17ClN4O2S. The summed E-state index contributed by atoms with van der Waals surface area (Å²) in [5, 5.41) is 0.190. The van der Waals surface area contributed by atoms with Crippen LogP contribution in [-0.4, -0.2) is 29.5 Å². The Hall–Kier alpha value is -2.74. The number of pyridine rings is 1. The second-order valence-corrected chi connectivity index (χ2v) is 8.27. The van der Waals surface area contributed by atoms with E-state index in [9.17, 15) is 8.42 Å².